The van der Waals surface area contributed by atoms with E-state index in [9.17, 15) is 9.90 Å². The highest BCUT2D eigenvalue weighted by molar-refractivity contribution is 6.11. The molecule has 0 fully saturated rings. The van der Waals surface area contributed by atoms with E-state index in [4.69, 9.17) is 16.9 Å². The number of carbonyl (C=O) groups excluding carboxylic acids is 1. The third kappa shape index (κ3) is 4.33. The number of nitrogens with one attached hydrogen (secondary N) is 2. The molecule has 0 bridgehead atoms. The predicted octanol–water partition coefficient (Wildman–Crippen LogP) is 1.86. The summed E-state index contributed by atoms with van der Waals surface area (Å²) in [6, 6.07) is 5.41. The van der Waals surface area contributed by atoms with Crippen LogP contribution < -0.4 is 16.8 Å². The Bertz CT molecular complexity index is 837. The molecule has 1 aromatic heterocycles. The summed E-state index contributed by atoms with van der Waals surface area (Å²) >= 11 is 0. The van der Waals surface area contributed by atoms with Gasteiger partial charge in [0.05, 0.1) is 22.4 Å². The number of aromatic nitrogens is 1. The summed E-state index contributed by atoms with van der Waals surface area (Å²) in [6.07, 6.45) is 4.44. The number of amides is 1. The maximum absolute atomic E-state index is 11.8. The van der Waals surface area contributed by atoms with Gasteiger partial charge in [-0.3, -0.25) is 9.78 Å². The van der Waals surface area contributed by atoms with Crippen LogP contribution in [0.2, 0.25) is 0 Å². The number of allylic oxidation sites excluding steroid dienone is 1. The molecule has 25 heavy (non-hydrogen) atoms. The molecule has 2 aromatic rings. The maximum atomic E-state index is 11.8. The smallest absolute Gasteiger partial charge is 0.252 e. The lowest BCUT2D eigenvalue weighted by atomic mass is 10.0. The van der Waals surface area contributed by atoms with Crippen molar-refractivity contribution in [2.45, 2.75) is 25.9 Å². The zero-order chi connectivity index (χ0) is 18.6. The van der Waals surface area contributed by atoms with Crippen LogP contribution >= 0.6 is 0 Å². The molecule has 0 atom stereocenters. The average Bonchev–Trinajstić information content (AvgIpc) is 2.54. The quantitative estimate of drug-likeness (QED) is 0.489. The molecule has 0 saturated carbocycles. The number of benzene rings is 1. The van der Waals surface area contributed by atoms with E-state index in [1.54, 1.807) is 19.9 Å². The standard InChI is InChI=1S/C18H23N5O2/c1-18(2,25)5-6-22-16-13-7-11(12(8-19)9-20)3-4-15(13)23-10-14(16)17(21)24/h3-4,7-10,19,25H,5-6,20H2,1-2H3,(H2,21,24)(H,22,23)/b12-9+,19-8?. The van der Waals surface area contributed by atoms with Gasteiger partial charge < -0.3 is 27.3 Å². The van der Waals surface area contributed by atoms with E-state index in [1.165, 1.54) is 12.4 Å². The van der Waals surface area contributed by atoms with Crippen molar-refractivity contribution in [1.29, 1.82) is 5.41 Å². The molecule has 132 valence electrons. The number of pyridine rings is 1. The predicted molar refractivity (Wildman–Crippen MR) is 101 cm³/mol. The van der Waals surface area contributed by atoms with Gasteiger partial charge in [-0.25, -0.2) is 0 Å². The minimum Gasteiger partial charge on any atom is -0.404 e. The molecule has 1 heterocycles. The summed E-state index contributed by atoms with van der Waals surface area (Å²) in [5, 5.41) is 21.2. The monoisotopic (exact) mass is 341 g/mol. The first-order valence-electron chi connectivity index (χ1n) is 7.88. The van der Waals surface area contributed by atoms with Crippen molar-refractivity contribution in [3.05, 3.63) is 41.7 Å². The van der Waals surface area contributed by atoms with Crippen LogP contribution in [-0.2, 0) is 0 Å². The van der Waals surface area contributed by atoms with Gasteiger partial charge in [0, 0.05) is 36.1 Å². The molecule has 2 rings (SSSR count). The summed E-state index contributed by atoms with van der Waals surface area (Å²) in [4.78, 5) is 16.1. The number of hydrogen-bond acceptors (Lipinski definition) is 6. The molecule has 0 aliphatic carbocycles. The minimum absolute atomic E-state index is 0.272. The maximum Gasteiger partial charge on any atom is 0.252 e. The summed E-state index contributed by atoms with van der Waals surface area (Å²) in [5.41, 5.74) is 13.0. The van der Waals surface area contributed by atoms with Crippen LogP contribution in [0.25, 0.3) is 16.5 Å². The molecule has 1 amide bonds. The summed E-state index contributed by atoms with van der Waals surface area (Å²) < 4.78 is 0. The molecule has 7 heteroatoms. The van der Waals surface area contributed by atoms with Gasteiger partial charge in [0.2, 0.25) is 0 Å². The number of carbonyl (C=O) groups is 1. The Balaban J connectivity index is 2.56. The topological polar surface area (TPSA) is 138 Å². The van der Waals surface area contributed by atoms with Crippen molar-refractivity contribution in [2.75, 3.05) is 11.9 Å². The summed E-state index contributed by atoms with van der Waals surface area (Å²) in [6.45, 7) is 3.89. The normalized spacial score (nSPS) is 12.2. The van der Waals surface area contributed by atoms with Crippen LogP contribution in [0.15, 0.2) is 30.6 Å². The molecule has 0 saturated heterocycles. The Hall–Kier alpha value is -2.93. The van der Waals surface area contributed by atoms with E-state index in [2.05, 4.69) is 10.3 Å². The first-order valence-corrected chi connectivity index (χ1v) is 7.88. The Morgan fingerprint density at radius 3 is 2.72 bits per heavy atom. The van der Waals surface area contributed by atoms with Crippen molar-refractivity contribution in [2.24, 2.45) is 11.5 Å². The SMILES string of the molecule is CC(C)(O)CCNc1c(C(N)=O)cnc2ccc(/C(C=N)=C/N)cc12. The van der Waals surface area contributed by atoms with Crippen molar-refractivity contribution < 1.29 is 9.90 Å². The Morgan fingerprint density at radius 1 is 1.44 bits per heavy atom. The van der Waals surface area contributed by atoms with Crippen LogP contribution in [0.3, 0.4) is 0 Å². The van der Waals surface area contributed by atoms with Crippen LogP contribution in [0, 0.1) is 5.41 Å². The lowest BCUT2D eigenvalue weighted by Gasteiger charge is -2.19. The molecule has 0 radical (unpaired) electrons. The average molecular weight is 341 g/mol. The first kappa shape index (κ1) is 18.4. The van der Waals surface area contributed by atoms with E-state index in [-0.39, 0.29) is 5.56 Å². The number of rotatable bonds is 7. The van der Waals surface area contributed by atoms with E-state index < -0.39 is 11.5 Å². The highest BCUT2D eigenvalue weighted by atomic mass is 16.3. The Labute approximate surface area is 146 Å². The molecule has 1 aromatic carbocycles. The zero-order valence-corrected chi connectivity index (χ0v) is 14.3. The number of fused-ring (bicyclic) bond motifs is 1. The van der Waals surface area contributed by atoms with Gasteiger partial charge in [0.25, 0.3) is 5.91 Å². The van der Waals surface area contributed by atoms with Gasteiger partial charge >= 0.3 is 0 Å². The van der Waals surface area contributed by atoms with E-state index >= 15 is 0 Å². The highest BCUT2D eigenvalue weighted by Crippen LogP contribution is 2.29. The van der Waals surface area contributed by atoms with Gasteiger partial charge in [0.15, 0.2) is 0 Å². The van der Waals surface area contributed by atoms with Gasteiger partial charge in [-0.15, -0.1) is 0 Å². The molecule has 7 N–H and O–H groups in total. The second-order valence-electron chi connectivity index (χ2n) is 6.40. The Morgan fingerprint density at radius 2 is 2.16 bits per heavy atom. The summed E-state index contributed by atoms with van der Waals surface area (Å²) in [5.74, 6) is -0.591. The second-order valence-corrected chi connectivity index (χ2v) is 6.40. The highest BCUT2D eigenvalue weighted by Gasteiger charge is 2.16. The number of nitrogens with two attached hydrogens (primary N) is 2. The molecular weight excluding hydrogens is 318 g/mol. The third-order valence-corrected chi connectivity index (χ3v) is 3.84. The molecular formula is C18H23N5O2. The van der Waals surface area contributed by atoms with E-state index in [0.29, 0.717) is 35.1 Å². The number of anilines is 1. The number of primary amides is 1. The van der Waals surface area contributed by atoms with Crippen molar-refractivity contribution in [1.82, 2.24) is 4.98 Å². The Kier molecular flexibility index (Phi) is 5.38. The first-order chi connectivity index (χ1) is 11.8. The van der Waals surface area contributed by atoms with Crippen molar-refractivity contribution in [3.63, 3.8) is 0 Å². The molecule has 0 aliphatic rings. The number of hydrogen-bond donors (Lipinski definition) is 5. The van der Waals surface area contributed by atoms with Gasteiger partial charge in [-0.1, -0.05) is 6.07 Å². The number of aliphatic hydroxyl groups is 1. The largest absolute Gasteiger partial charge is 0.404 e. The molecule has 0 aliphatic heterocycles. The van der Waals surface area contributed by atoms with Gasteiger partial charge in [-0.2, -0.15) is 0 Å². The van der Waals surface area contributed by atoms with Crippen LogP contribution in [0.1, 0.15) is 36.2 Å². The molecule has 0 spiro atoms. The van der Waals surface area contributed by atoms with E-state index in [1.807, 2.05) is 12.1 Å². The van der Waals surface area contributed by atoms with Gasteiger partial charge in [0.1, 0.15) is 0 Å². The van der Waals surface area contributed by atoms with Crippen LogP contribution in [0.4, 0.5) is 5.69 Å². The lowest BCUT2D eigenvalue weighted by molar-refractivity contribution is 0.0749. The second kappa shape index (κ2) is 7.31. The molecule has 0 unspecified atom stereocenters. The van der Waals surface area contributed by atoms with Crippen LogP contribution in [-0.4, -0.2) is 34.4 Å². The van der Waals surface area contributed by atoms with Crippen molar-refractivity contribution >= 4 is 34.3 Å². The third-order valence-electron chi connectivity index (χ3n) is 3.84. The fourth-order valence-electron chi connectivity index (χ4n) is 2.47. The minimum atomic E-state index is -0.830. The fourth-order valence-corrected chi connectivity index (χ4v) is 2.47. The van der Waals surface area contributed by atoms with E-state index in [0.717, 1.165) is 11.8 Å². The number of nitrogens with zero attached hydrogens (tertiary/aromatic N) is 1. The lowest BCUT2D eigenvalue weighted by Crippen LogP contribution is -2.23. The fraction of sp³-hybridized carbons (Fsp3) is 0.278. The van der Waals surface area contributed by atoms with Crippen molar-refractivity contribution in [3.8, 4) is 0 Å². The van der Waals surface area contributed by atoms with Crippen LogP contribution in [0.5, 0.6) is 0 Å². The molecule has 7 nitrogen and oxygen atoms in total. The zero-order valence-electron chi connectivity index (χ0n) is 14.3. The van der Waals surface area contributed by atoms with Gasteiger partial charge in [-0.05, 0) is 38.0 Å². The summed E-state index contributed by atoms with van der Waals surface area (Å²) in [7, 11) is 0.